The lowest BCUT2D eigenvalue weighted by atomic mass is 10.1. The van der Waals surface area contributed by atoms with Gasteiger partial charge in [0.1, 0.15) is 0 Å². The molecule has 1 aromatic heterocycles. The molecule has 0 aliphatic carbocycles. The SMILES string of the molecule is Cc1cccc(C(=O)Nc2ccc(CN(C)C(=O)Oc3cccnc3)cc2)c1Br. The molecule has 0 aliphatic rings. The average Bonchev–Trinajstić information content (AvgIpc) is 2.72. The molecule has 3 aromatic rings. The molecule has 148 valence electrons. The zero-order valence-corrected chi connectivity index (χ0v) is 17.6. The second-order valence-electron chi connectivity index (χ2n) is 6.50. The topological polar surface area (TPSA) is 71.5 Å². The molecule has 0 bridgehead atoms. The van der Waals surface area contributed by atoms with Crippen molar-refractivity contribution in [1.29, 1.82) is 0 Å². The van der Waals surface area contributed by atoms with Crippen molar-refractivity contribution >= 4 is 33.6 Å². The van der Waals surface area contributed by atoms with E-state index < -0.39 is 6.09 Å². The molecular formula is C22H20BrN3O3. The van der Waals surface area contributed by atoms with Gasteiger partial charge in [-0.3, -0.25) is 9.78 Å². The maximum atomic E-state index is 12.5. The molecular weight excluding hydrogens is 434 g/mol. The van der Waals surface area contributed by atoms with Crippen molar-refractivity contribution in [2.75, 3.05) is 12.4 Å². The van der Waals surface area contributed by atoms with Gasteiger partial charge in [-0.15, -0.1) is 0 Å². The number of nitrogens with zero attached hydrogens (tertiary/aromatic N) is 2. The molecule has 1 N–H and O–H groups in total. The van der Waals surface area contributed by atoms with Crippen molar-refractivity contribution < 1.29 is 14.3 Å². The molecule has 3 rings (SSSR count). The van der Waals surface area contributed by atoms with Crippen molar-refractivity contribution in [1.82, 2.24) is 9.88 Å². The van der Waals surface area contributed by atoms with Crippen molar-refractivity contribution in [3.8, 4) is 5.75 Å². The number of nitrogens with one attached hydrogen (secondary N) is 1. The number of anilines is 1. The number of rotatable bonds is 5. The zero-order chi connectivity index (χ0) is 20.8. The summed E-state index contributed by atoms with van der Waals surface area (Å²) < 4.78 is 6.04. The van der Waals surface area contributed by atoms with Crippen LogP contribution in [0.15, 0.2) is 71.5 Å². The first-order valence-corrected chi connectivity index (χ1v) is 9.71. The van der Waals surface area contributed by atoms with Gasteiger partial charge >= 0.3 is 6.09 Å². The fourth-order valence-corrected chi connectivity index (χ4v) is 3.08. The molecule has 7 heteroatoms. The number of hydrogen-bond acceptors (Lipinski definition) is 4. The molecule has 0 radical (unpaired) electrons. The molecule has 0 atom stereocenters. The normalized spacial score (nSPS) is 10.3. The minimum atomic E-state index is -0.473. The Kier molecular flexibility index (Phi) is 6.61. The molecule has 0 saturated heterocycles. The Balaban J connectivity index is 1.59. The number of pyridine rings is 1. The zero-order valence-electron chi connectivity index (χ0n) is 16.1. The van der Waals surface area contributed by atoms with Crippen LogP contribution in [-0.2, 0) is 6.54 Å². The predicted octanol–water partition coefficient (Wildman–Crippen LogP) is 5.04. The minimum Gasteiger partial charge on any atom is -0.409 e. The van der Waals surface area contributed by atoms with Crippen LogP contribution >= 0.6 is 15.9 Å². The number of hydrogen-bond donors (Lipinski definition) is 1. The largest absolute Gasteiger partial charge is 0.415 e. The third kappa shape index (κ3) is 5.42. The number of ether oxygens (including phenoxy) is 1. The summed E-state index contributed by atoms with van der Waals surface area (Å²) in [7, 11) is 1.66. The smallest absolute Gasteiger partial charge is 0.409 e. The van der Waals surface area contributed by atoms with E-state index in [1.165, 1.54) is 11.1 Å². The summed E-state index contributed by atoms with van der Waals surface area (Å²) in [5.41, 5.74) is 3.15. The molecule has 0 unspecified atom stereocenters. The van der Waals surface area contributed by atoms with E-state index in [1.807, 2.05) is 31.2 Å². The molecule has 1 heterocycles. The maximum Gasteiger partial charge on any atom is 0.415 e. The summed E-state index contributed by atoms with van der Waals surface area (Å²) in [6, 6.07) is 16.2. The van der Waals surface area contributed by atoms with Crippen molar-refractivity contribution in [3.63, 3.8) is 0 Å². The van der Waals surface area contributed by atoms with Gasteiger partial charge in [-0.05, 0) is 64.3 Å². The Morgan fingerprint density at radius 3 is 2.55 bits per heavy atom. The first-order chi connectivity index (χ1) is 13.9. The van der Waals surface area contributed by atoms with Gasteiger partial charge in [0.2, 0.25) is 0 Å². The number of carbonyl (C=O) groups excluding carboxylic acids is 2. The molecule has 2 amide bonds. The van der Waals surface area contributed by atoms with Crippen LogP contribution in [0.2, 0.25) is 0 Å². The highest BCUT2D eigenvalue weighted by Crippen LogP contribution is 2.22. The van der Waals surface area contributed by atoms with Crippen molar-refractivity contribution in [2.24, 2.45) is 0 Å². The van der Waals surface area contributed by atoms with E-state index >= 15 is 0 Å². The van der Waals surface area contributed by atoms with Crippen molar-refractivity contribution in [3.05, 3.63) is 88.2 Å². The summed E-state index contributed by atoms with van der Waals surface area (Å²) in [5, 5.41) is 2.88. The number of amides is 2. The standard InChI is InChI=1S/C22H20BrN3O3/c1-15-5-3-7-19(20(15)23)21(27)25-17-10-8-16(9-11-17)14-26(2)22(28)29-18-6-4-12-24-13-18/h3-13H,14H2,1-2H3,(H,25,27). The predicted molar refractivity (Wildman–Crippen MR) is 115 cm³/mol. The monoisotopic (exact) mass is 453 g/mol. The van der Waals surface area contributed by atoms with Gasteiger partial charge in [0.25, 0.3) is 5.91 Å². The Hall–Kier alpha value is -3.19. The fraction of sp³-hybridized carbons (Fsp3) is 0.136. The highest BCUT2D eigenvalue weighted by atomic mass is 79.9. The second kappa shape index (κ2) is 9.34. The Morgan fingerprint density at radius 2 is 1.86 bits per heavy atom. The van der Waals surface area contributed by atoms with Crippen LogP contribution in [-0.4, -0.2) is 28.9 Å². The molecule has 29 heavy (non-hydrogen) atoms. The van der Waals surface area contributed by atoms with Crippen LogP contribution in [0.4, 0.5) is 10.5 Å². The lowest BCUT2D eigenvalue weighted by Crippen LogP contribution is -2.29. The number of aryl methyl sites for hydroxylation is 1. The van der Waals surface area contributed by atoms with E-state index in [4.69, 9.17) is 4.74 Å². The molecule has 0 fully saturated rings. The van der Waals surface area contributed by atoms with Crippen LogP contribution in [0.3, 0.4) is 0 Å². The average molecular weight is 454 g/mol. The lowest BCUT2D eigenvalue weighted by molar-refractivity contribution is 0.102. The summed E-state index contributed by atoms with van der Waals surface area (Å²) in [6.45, 7) is 2.31. The van der Waals surface area contributed by atoms with Gasteiger partial charge < -0.3 is 15.0 Å². The van der Waals surface area contributed by atoms with Gasteiger partial charge in [-0.1, -0.05) is 24.3 Å². The summed E-state index contributed by atoms with van der Waals surface area (Å²) in [5.74, 6) is 0.204. The first-order valence-electron chi connectivity index (χ1n) is 8.92. The summed E-state index contributed by atoms with van der Waals surface area (Å²) in [6.07, 6.45) is 2.62. The third-order valence-electron chi connectivity index (χ3n) is 4.22. The van der Waals surface area contributed by atoms with E-state index in [-0.39, 0.29) is 5.91 Å². The summed E-state index contributed by atoms with van der Waals surface area (Å²) in [4.78, 5) is 30.0. The number of halogens is 1. The molecule has 0 aliphatic heterocycles. The first kappa shape index (κ1) is 20.5. The van der Waals surface area contributed by atoms with Gasteiger partial charge in [0.15, 0.2) is 5.75 Å². The highest BCUT2D eigenvalue weighted by molar-refractivity contribution is 9.10. The lowest BCUT2D eigenvalue weighted by Gasteiger charge is -2.17. The molecule has 0 saturated carbocycles. The van der Waals surface area contributed by atoms with Gasteiger partial charge in [-0.25, -0.2) is 4.79 Å². The Bertz CT molecular complexity index is 1010. The van der Waals surface area contributed by atoms with Crippen LogP contribution < -0.4 is 10.1 Å². The van der Waals surface area contributed by atoms with Gasteiger partial charge in [0.05, 0.1) is 11.8 Å². The van der Waals surface area contributed by atoms with E-state index in [0.29, 0.717) is 23.5 Å². The van der Waals surface area contributed by atoms with E-state index in [9.17, 15) is 9.59 Å². The minimum absolute atomic E-state index is 0.189. The molecule has 0 spiro atoms. The van der Waals surface area contributed by atoms with Crippen LogP contribution in [0.25, 0.3) is 0 Å². The molecule has 2 aromatic carbocycles. The number of benzene rings is 2. The van der Waals surface area contributed by atoms with Crippen LogP contribution in [0.5, 0.6) is 5.75 Å². The second-order valence-corrected chi connectivity index (χ2v) is 7.29. The number of carbonyl (C=O) groups is 2. The fourth-order valence-electron chi connectivity index (χ4n) is 2.64. The van der Waals surface area contributed by atoms with E-state index in [1.54, 1.807) is 43.6 Å². The number of aromatic nitrogens is 1. The highest BCUT2D eigenvalue weighted by Gasteiger charge is 2.13. The van der Waals surface area contributed by atoms with Crippen LogP contribution in [0, 0.1) is 6.92 Å². The maximum absolute atomic E-state index is 12.5. The Labute approximate surface area is 177 Å². The van der Waals surface area contributed by atoms with Crippen LogP contribution in [0.1, 0.15) is 21.5 Å². The quantitative estimate of drug-likeness (QED) is 0.587. The molecule has 6 nitrogen and oxygen atoms in total. The third-order valence-corrected chi connectivity index (χ3v) is 5.27. The van der Waals surface area contributed by atoms with Gasteiger partial charge in [0, 0.05) is 29.9 Å². The van der Waals surface area contributed by atoms with E-state index in [0.717, 1.165) is 15.6 Å². The summed E-state index contributed by atoms with van der Waals surface area (Å²) >= 11 is 3.46. The van der Waals surface area contributed by atoms with E-state index in [2.05, 4.69) is 26.2 Å². The Morgan fingerprint density at radius 1 is 1.10 bits per heavy atom. The van der Waals surface area contributed by atoms with Crippen molar-refractivity contribution in [2.45, 2.75) is 13.5 Å². The van der Waals surface area contributed by atoms with Gasteiger partial charge in [-0.2, -0.15) is 0 Å².